The Bertz CT molecular complexity index is 290. The van der Waals surface area contributed by atoms with Gasteiger partial charge in [0.25, 0.3) is 0 Å². The molecule has 0 radical (unpaired) electrons. The molecular weight excluding hydrogens is 267 g/mol. The molecule has 0 spiro atoms. The summed E-state index contributed by atoms with van der Waals surface area (Å²) in [6.07, 6.45) is 0. The summed E-state index contributed by atoms with van der Waals surface area (Å²) >= 11 is 1.78. The molecule has 16 heavy (non-hydrogen) atoms. The first kappa shape index (κ1) is 16.0. The monoisotopic (exact) mass is 284 g/mol. The van der Waals surface area contributed by atoms with Gasteiger partial charge in [-0.1, -0.05) is 0 Å². The van der Waals surface area contributed by atoms with Crippen LogP contribution in [-0.2, 0) is 11.3 Å². The van der Waals surface area contributed by atoms with Crippen molar-refractivity contribution in [2.45, 2.75) is 6.61 Å². The van der Waals surface area contributed by atoms with Gasteiger partial charge in [0.2, 0.25) is 0 Å². The van der Waals surface area contributed by atoms with Crippen molar-refractivity contribution in [1.82, 2.24) is 5.32 Å². The van der Waals surface area contributed by atoms with Crippen molar-refractivity contribution in [3.05, 3.63) is 16.3 Å². The van der Waals surface area contributed by atoms with E-state index in [4.69, 9.17) is 4.74 Å². The zero-order valence-electron chi connectivity index (χ0n) is 9.27. The van der Waals surface area contributed by atoms with Crippen LogP contribution >= 0.6 is 36.2 Å². The highest BCUT2D eigenvalue weighted by Crippen LogP contribution is 2.23. The van der Waals surface area contributed by atoms with Gasteiger partial charge in [-0.05, 0) is 6.07 Å². The third-order valence-corrected chi connectivity index (χ3v) is 3.31. The van der Waals surface area contributed by atoms with Gasteiger partial charge in [0.1, 0.15) is 0 Å². The first-order valence-corrected chi connectivity index (χ1v) is 5.80. The Balaban J connectivity index is 0.00000112. The fraction of sp³-hybridized carbons (Fsp3) is 0.600. The zero-order valence-corrected chi connectivity index (χ0v) is 11.7. The quantitative estimate of drug-likeness (QED) is 0.921. The van der Waals surface area contributed by atoms with E-state index >= 15 is 0 Å². The van der Waals surface area contributed by atoms with Crippen LogP contribution in [0.1, 0.15) is 4.88 Å². The maximum atomic E-state index is 5.11. The molecule has 0 unspecified atom stereocenters. The van der Waals surface area contributed by atoms with E-state index < -0.39 is 0 Å². The van der Waals surface area contributed by atoms with Crippen LogP contribution in [-0.4, -0.2) is 33.3 Å². The van der Waals surface area contributed by atoms with Crippen LogP contribution in [0.2, 0.25) is 0 Å². The number of rotatable bonds is 3. The molecule has 1 N–H and O–H groups in total. The smallest absolute Gasteiger partial charge is 0.0806 e. The lowest BCUT2D eigenvalue weighted by molar-refractivity contribution is 0.187. The van der Waals surface area contributed by atoms with Gasteiger partial charge < -0.3 is 15.0 Å². The van der Waals surface area contributed by atoms with E-state index in [9.17, 15) is 0 Å². The van der Waals surface area contributed by atoms with Crippen molar-refractivity contribution in [1.29, 1.82) is 0 Å². The second kappa shape index (κ2) is 8.14. The molecule has 94 valence electrons. The molecule has 0 bridgehead atoms. The standard InChI is InChI=1S/C10H16N2OS.2ClH/c1-13-7-10-6-9(8-14-10)12-4-2-11-3-5-12;;/h6,8,11H,2-5,7H2,1H3;2*1H. The van der Waals surface area contributed by atoms with Crippen LogP contribution in [0.15, 0.2) is 11.4 Å². The minimum absolute atomic E-state index is 0. The summed E-state index contributed by atoms with van der Waals surface area (Å²) in [6, 6.07) is 2.24. The number of hydrogen-bond acceptors (Lipinski definition) is 4. The highest BCUT2D eigenvalue weighted by molar-refractivity contribution is 7.10. The minimum atomic E-state index is 0. The topological polar surface area (TPSA) is 24.5 Å². The first-order chi connectivity index (χ1) is 6.90. The zero-order chi connectivity index (χ0) is 9.80. The van der Waals surface area contributed by atoms with Crippen molar-refractivity contribution in [3.8, 4) is 0 Å². The fourth-order valence-electron chi connectivity index (χ4n) is 1.68. The number of nitrogens with one attached hydrogen (secondary N) is 1. The Morgan fingerprint density at radius 1 is 1.38 bits per heavy atom. The number of hydrogen-bond donors (Lipinski definition) is 1. The van der Waals surface area contributed by atoms with Gasteiger partial charge in [0.05, 0.1) is 6.61 Å². The number of methoxy groups -OCH3 is 1. The lowest BCUT2D eigenvalue weighted by atomic mass is 10.3. The second-order valence-electron chi connectivity index (χ2n) is 3.44. The van der Waals surface area contributed by atoms with Gasteiger partial charge in [-0.2, -0.15) is 0 Å². The van der Waals surface area contributed by atoms with Gasteiger partial charge in [0.15, 0.2) is 0 Å². The number of nitrogens with zero attached hydrogens (tertiary/aromatic N) is 1. The molecule has 1 aliphatic rings. The van der Waals surface area contributed by atoms with Gasteiger partial charge in [0, 0.05) is 49.2 Å². The normalized spacial score (nSPS) is 15.2. The minimum Gasteiger partial charge on any atom is -0.379 e. The van der Waals surface area contributed by atoms with Gasteiger partial charge in [-0.25, -0.2) is 0 Å². The summed E-state index contributed by atoms with van der Waals surface area (Å²) in [5.41, 5.74) is 1.35. The Morgan fingerprint density at radius 3 is 2.69 bits per heavy atom. The number of halogens is 2. The molecule has 0 atom stereocenters. The van der Waals surface area contributed by atoms with Crippen LogP contribution in [0.5, 0.6) is 0 Å². The van der Waals surface area contributed by atoms with Crippen molar-refractivity contribution in [2.24, 2.45) is 0 Å². The lowest BCUT2D eigenvalue weighted by Crippen LogP contribution is -2.43. The van der Waals surface area contributed by atoms with E-state index in [1.807, 2.05) is 0 Å². The molecule has 3 nitrogen and oxygen atoms in total. The predicted molar refractivity (Wildman–Crippen MR) is 74.6 cm³/mol. The summed E-state index contributed by atoms with van der Waals surface area (Å²) in [4.78, 5) is 3.73. The molecule has 1 aliphatic heterocycles. The molecule has 2 heterocycles. The van der Waals surface area contributed by atoms with Crippen molar-refractivity contribution in [3.63, 3.8) is 0 Å². The Hall–Kier alpha value is -0.000000000000000222. The Labute approximate surface area is 113 Å². The molecule has 1 aromatic rings. The third-order valence-electron chi connectivity index (χ3n) is 2.41. The summed E-state index contributed by atoms with van der Waals surface area (Å²) in [6.45, 7) is 5.15. The van der Waals surface area contributed by atoms with E-state index in [0.29, 0.717) is 0 Å². The maximum Gasteiger partial charge on any atom is 0.0806 e. The van der Waals surface area contributed by atoms with Crippen LogP contribution in [0.3, 0.4) is 0 Å². The van der Waals surface area contributed by atoms with Crippen molar-refractivity contribution >= 4 is 41.8 Å². The predicted octanol–water partition coefficient (Wildman–Crippen LogP) is 2.15. The number of piperazine rings is 1. The molecule has 2 rings (SSSR count). The Kier molecular flexibility index (Phi) is 8.14. The fourth-order valence-corrected chi connectivity index (χ4v) is 2.54. The average molecular weight is 285 g/mol. The molecule has 0 amide bonds. The summed E-state index contributed by atoms with van der Waals surface area (Å²) < 4.78 is 5.11. The maximum absolute atomic E-state index is 5.11. The summed E-state index contributed by atoms with van der Waals surface area (Å²) in [5, 5.41) is 5.58. The highest BCUT2D eigenvalue weighted by atomic mass is 35.5. The van der Waals surface area contributed by atoms with Crippen molar-refractivity contribution < 1.29 is 4.74 Å². The number of ether oxygens (including phenoxy) is 1. The highest BCUT2D eigenvalue weighted by Gasteiger charge is 2.11. The first-order valence-electron chi connectivity index (χ1n) is 4.92. The number of anilines is 1. The van der Waals surface area contributed by atoms with Crippen LogP contribution < -0.4 is 10.2 Å². The molecule has 0 aliphatic carbocycles. The SMILES string of the molecule is COCc1cc(N2CCNCC2)cs1.Cl.Cl. The Morgan fingerprint density at radius 2 is 2.06 bits per heavy atom. The van der Waals surface area contributed by atoms with E-state index in [2.05, 4.69) is 21.7 Å². The average Bonchev–Trinajstić information content (AvgIpc) is 2.68. The lowest BCUT2D eigenvalue weighted by Gasteiger charge is -2.28. The molecule has 1 fully saturated rings. The molecule has 1 aromatic heterocycles. The third kappa shape index (κ3) is 4.11. The van der Waals surface area contributed by atoms with E-state index in [1.54, 1.807) is 18.4 Å². The van der Waals surface area contributed by atoms with Crippen LogP contribution in [0, 0.1) is 0 Å². The van der Waals surface area contributed by atoms with Gasteiger partial charge in [-0.3, -0.25) is 0 Å². The molecular formula is C10H18Cl2N2OS. The van der Waals surface area contributed by atoms with Crippen LogP contribution in [0.25, 0.3) is 0 Å². The van der Waals surface area contributed by atoms with Gasteiger partial charge in [-0.15, -0.1) is 36.2 Å². The molecule has 1 saturated heterocycles. The summed E-state index contributed by atoms with van der Waals surface area (Å²) in [7, 11) is 1.74. The van der Waals surface area contributed by atoms with Crippen molar-refractivity contribution in [2.75, 3.05) is 38.2 Å². The largest absolute Gasteiger partial charge is 0.379 e. The molecule has 6 heteroatoms. The van der Waals surface area contributed by atoms with E-state index in [1.165, 1.54) is 10.6 Å². The molecule has 0 saturated carbocycles. The van der Waals surface area contributed by atoms with E-state index in [0.717, 1.165) is 32.8 Å². The van der Waals surface area contributed by atoms with Gasteiger partial charge >= 0.3 is 0 Å². The van der Waals surface area contributed by atoms with Crippen LogP contribution in [0.4, 0.5) is 5.69 Å². The second-order valence-corrected chi connectivity index (χ2v) is 4.44. The molecule has 0 aromatic carbocycles. The summed E-state index contributed by atoms with van der Waals surface area (Å²) in [5.74, 6) is 0. The number of thiophene rings is 1. The van der Waals surface area contributed by atoms with E-state index in [-0.39, 0.29) is 24.8 Å².